The summed E-state index contributed by atoms with van der Waals surface area (Å²) in [5.41, 5.74) is 0.373. The van der Waals surface area contributed by atoms with Crippen molar-refractivity contribution >= 4 is 27.7 Å². The second kappa shape index (κ2) is 4.44. The Hall–Kier alpha value is -1.69. The van der Waals surface area contributed by atoms with Crippen LogP contribution in [-0.4, -0.2) is 15.9 Å². The molecule has 16 heavy (non-hydrogen) atoms. The molecule has 1 amide bonds. The molecule has 0 unspecified atom stereocenters. The van der Waals surface area contributed by atoms with E-state index in [1.165, 1.54) is 18.2 Å². The van der Waals surface area contributed by atoms with Crippen molar-refractivity contribution in [1.29, 1.82) is 0 Å². The van der Waals surface area contributed by atoms with Gasteiger partial charge < -0.3 is 10.3 Å². The lowest BCUT2D eigenvalue weighted by molar-refractivity contribution is 0.102. The Balaban J connectivity index is 2.13. The summed E-state index contributed by atoms with van der Waals surface area (Å²) < 4.78 is 13.5. The number of anilines is 1. The van der Waals surface area contributed by atoms with Gasteiger partial charge in [-0.05, 0) is 34.1 Å². The van der Waals surface area contributed by atoms with Crippen molar-refractivity contribution in [3.8, 4) is 0 Å². The van der Waals surface area contributed by atoms with Crippen LogP contribution < -0.4 is 5.32 Å². The third kappa shape index (κ3) is 2.46. The number of halogens is 2. The first-order valence-corrected chi connectivity index (χ1v) is 5.22. The molecule has 2 N–H and O–H groups in total. The van der Waals surface area contributed by atoms with Gasteiger partial charge in [-0.15, -0.1) is 0 Å². The number of rotatable bonds is 2. The van der Waals surface area contributed by atoms with Crippen molar-refractivity contribution in [2.24, 2.45) is 0 Å². The lowest BCUT2D eigenvalue weighted by atomic mass is 10.4. The van der Waals surface area contributed by atoms with E-state index in [0.29, 0.717) is 5.69 Å². The molecule has 0 saturated carbocycles. The highest BCUT2D eigenvalue weighted by Crippen LogP contribution is 2.12. The lowest BCUT2D eigenvalue weighted by Gasteiger charge is -2.01. The number of nitrogens with zero attached hydrogens (tertiary/aromatic N) is 1. The van der Waals surface area contributed by atoms with Gasteiger partial charge in [0.15, 0.2) is 0 Å². The van der Waals surface area contributed by atoms with Crippen molar-refractivity contribution < 1.29 is 9.18 Å². The van der Waals surface area contributed by atoms with Gasteiger partial charge in [-0.1, -0.05) is 6.07 Å². The van der Waals surface area contributed by atoms with Crippen molar-refractivity contribution in [2.75, 3.05) is 5.32 Å². The molecule has 4 nitrogen and oxygen atoms in total. The molecule has 0 aliphatic carbocycles. The van der Waals surface area contributed by atoms with Crippen LogP contribution in [0.2, 0.25) is 0 Å². The predicted octanol–water partition coefficient (Wildman–Crippen LogP) is 2.56. The summed E-state index contributed by atoms with van der Waals surface area (Å²) >= 11 is 3.21. The quantitative estimate of drug-likeness (QED) is 0.833. The topological polar surface area (TPSA) is 57.8 Å². The molecule has 0 radical (unpaired) electrons. The molecule has 0 fully saturated rings. The highest BCUT2D eigenvalue weighted by Gasteiger charge is 2.08. The highest BCUT2D eigenvalue weighted by atomic mass is 79.9. The van der Waals surface area contributed by atoms with Crippen LogP contribution >= 0.6 is 15.9 Å². The van der Waals surface area contributed by atoms with Crippen LogP contribution in [-0.2, 0) is 0 Å². The highest BCUT2D eigenvalue weighted by molar-refractivity contribution is 9.10. The van der Waals surface area contributed by atoms with Gasteiger partial charge in [-0.25, -0.2) is 4.98 Å². The molecule has 0 spiro atoms. The minimum absolute atomic E-state index is 0.177. The zero-order valence-corrected chi connectivity index (χ0v) is 9.58. The fraction of sp³-hybridized carbons (Fsp3) is 0. The minimum atomic E-state index is -0.634. The fourth-order valence-electron chi connectivity index (χ4n) is 1.16. The number of hydrogen-bond acceptors (Lipinski definition) is 2. The summed E-state index contributed by atoms with van der Waals surface area (Å²) in [6.45, 7) is 0. The molecule has 0 aliphatic rings. The van der Waals surface area contributed by atoms with Gasteiger partial charge >= 0.3 is 0 Å². The van der Waals surface area contributed by atoms with Gasteiger partial charge in [0, 0.05) is 10.7 Å². The zero-order chi connectivity index (χ0) is 11.5. The van der Waals surface area contributed by atoms with Crippen molar-refractivity contribution in [2.45, 2.75) is 0 Å². The maximum Gasteiger partial charge on any atom is 0.273 e. The average Bonchev–Trinajstić information content (AvgIpc) is 2.65. The standard InChI is InChI=1S/C10H7BrFN3O/c11-6-4-7(13-5-6)10(16)15-9-3-1-2-8(12)14-9/h1-5,13H,(H,14,15,16). The Kier molecular flexibility index (Phi) is 3.00. The van der Waals surface area contributed by atoms with Crippen LogP contribution in [0.3, 0.4) is 0 Å². The monoisotopic (exact) mass is 283 g/mol. The van der Waals surface area contributed by atoms with E-state index in [9.17, 15) is 9.18 Å². The van der Waals surface area contributed by atoms with E-state index in [1.54, 1.807) is 12.3 Å². The van der Waals surface area contributed by atoms with E-state index in [0.717, 1.165) is 4.47 Å². The molecular weight excluding hydrogens is 277 g/mol. The van der Waals surface area contributed by atoms with E-state index in [-0.39, 0.29) is 11.7 Å². The molecule has 82 valence electrons. The Morgan fingerprint density at radius 3 is 2.94 bits per heavy atom. The number of carbonyl (C=O) groups excluding carboxylic acids is 1. The van der Waals surface area contributed by atoms with Crippen molar-refractivity contribution in [3.05, 3.63) is 46.6 Å². The van der Waals surface area contributed by atoms with Crippen molar-refractivity contribution in [3.63, 3.8) is 0 Å². The smallest absolute Gasteiger partial charge is 0.273 e. The molecular formula is C10H7BrFN3O. The zero-order valence-electron chi connectivity index (χ0n) is 8.00. The Morgan fingerprint density at radius 1 is 1.50 bits per heavy atom. The number of carbonyl (C=O) groups is 1. The van der Waals surface area contributed by atoms with Crippen LogP contribution in [0.4, 0.5) is 10.2 Å². The Morgan fingerprint density at radius 2 is 2.31 bits per heavy atom. The molecule has 6 heteroatoms. The van der Waals surface area contributed by atoms with Crippen LogP contribution in [0, 0.1) is 5.95 Å². The van der Waals surface area contributed by atoms with Gasteiger partial charge in [0.25, 0.3) is 5.91 Å². The second-order valence-corrected chi connectivity index (χ2v) is 3.95. The fourth-order valence-corrected chi connectivity index (χ4v) is 1.50. The molecule has 2 heterocycles. The minimum Gasteiger partial charge on any atom is -0.356 e. The first kappa shape index (κ1) is 10.8. The summed E-state index contributed by atoms with van der Waals surface area (Å²) in [5.74, 6) is -0.829. The number of aromatic amines is 1. The summed E-state index contributed by atoms with van der Waals surface area (Å²) in [5, 5.41) is 2.47. The van der Waals surface area contributed by atoms with Gasteiger partial charge in [0.05, 0.1) is 0 Å². The Labute approximate surface area is 99.0 Å². The third-order valence-corrected chi connectivity index (χ3v) is 2.31. The lowest BCUT2D eigenvalue weighted by Crippen LogP contribution is -2.13. The summed E-state index contributed by atoms with van der Waals surface area (Å²) in [6, 6.07) is 5.82. The number of pyridine rings is 1. The molecule has 2 aromatic heterocycles. The number of hydrogen-bond donors (Lipinski definition) is 2. The molecule has 0 aliphatic heterocycles. The Bertz CT molecular complexity index is 526. The van der Waals surface area contributed by atoms with Gasteiger partial charge in [0.2, 0.25) is 5.95 Å². The normalized spacial score (nSPS) is 10.1. The van der Waals surface area contributed by atoms with E-state index in [2.05, 4.69) is 31.2 Å². The maximum atomic E-state index is 12.7. The predicted molar refractivity (Wildman–Crippen MR) is 60.6 cm³/mol. The van der Waals surface area contributed by atoms with E-state index < -0.39 is 5.95 Å². The number of nitrogens with one attached hydrogen (secondary N) is 2. The molecule has 0 aromatic carbocycles. The van der Waals surface area contributed by atoms with Gasteiger partial charge in [-0.3, -0.25) is 4.79 Å². The van der Waals surface area contributed by atoms with Crippen LogP contribution in [0.1, 0.15) is 10.5 Å². The van der Waals surface area contributed by atoms with Crippen LogP contribution in [0.25, 0.3) is 0 Å². The average molecular weight is 284 g/mol. The van der Waals surface area contributed by atoms with E-state index >= 15 is 0 Å². The van der Waals surface area contributed by atoms with Gasteiger partial charge in [0.1, 0.15) is 11.5 Å². The largest absolute Gasteiger partial charge is 0.356 e. The SMILES string of the molecule is O=C(Nc1cccc(F)n1)c1cc(Br)c[nH]1. The van der Waals surface area contributed by atoms with Crippen LogP contribution in [0.5, 0.6) is 0 Å². The van der Waals surface area contributed by atoms with Gasteiger partial charge in [-0.2, -0.15) is 4.39 Å². The molecule has 0 bridgehead atoms. The molecule has 2 rings (SSSR count). The molecule has 2 aromatic rings. The summed E-state index contributed by atoms with van der Waals surface area (Å²) in [7, 11) is 0. The number of aromatic nitrogens is 2. The number of H-pyrrole nitrogens is 1. The number of amides is 1. The summed E-state index contributed by atoms with van der Waals surface area (Å²) in [6.07, 6.45) is 1.63. The van der Waals surface area contributed by atoms with Crippen molar-refractivity contribution in [1.82, 2.24) is 9.97 Å². The third-order valence-electron chi connectivity index (χ3n) is 1.85. The second-order valence-electron chi connectivity index (χ2n) is 3.03. The first-order valence-electron chi connectivity index (χ1n) is 4.43. The summed E-state index contributed by atoms with van der Waals surface area (Å²) in [4.78, 5) is 17.9. The molecule has 0 saturated heterocycles. The first-order chi connectivity index (χ1) is 7.65. The maximum absolute atomic E-state index is 12.7. The molecule has 0 atom stereocenters. The van der Waals surface area contributed by atoms with Crippen LogP contribution in [0.15, 0.2) is 34.9 Å². The van der Waals surface area contributed by atoms with E-state index in [1.807, 2.05) is 0 Å². The van der Waals surface area contributed by atoms with E-state index in [4.69, 9.17) is 0 Å².